The highest BCUT2D eigenvalue weighted by atomic mass is 19.4. The van der Waals surface area contributed by atoms with E-state index < -0.39 is 54.8 Å². The van der Waals surface area contributed by atoms with E-state index in [1.54, 1.807) is 25.1 Å². The van der Waals surface area contributed by atoms with Gasteiger partial charge in [0, 0.05) is 18.2 Å². The quantitative estimate of drug-likeness (QED) is 0.292. The highest BCUT2D eigenvalue weighted by molar-refractivity contribution is 5.90. The summed E-state index contributed by atoms with van der Waals surface area (Å²) < 4.78 is 97.6. The Morgan fingerprint density at radius 2 is 1.76 bits per heavy atom. The lowest BCUT2D eigenvalue weighted by Gasteiger charge is -2.43. The number of fused-ring (bicyclic) bond motifs is 1. The Morgan fingerprint density at radius 1 is 1.10 bits per heavy atom. The number of anilines is 2. The predicted octanol–water partition coefficient (Wildman–Crippen LogP) is 6.50. The van der Waals surface area contributed by atoms with Crippen molar-refractivity contribution in [3.05, 3.63) is 64.5 Å². The molecule has 1 amide bonds. The van der Waals surface area contributed by atoms with Crippen molar-refractivity contribution >= 4 is 17.7 Å². The molecule has 0 aliphatic carbocycles. The zero-order valence-electron chi connectivity index (χ0n) is 22.8. The van der Waals surface area contributed by atoms with Gasteiger partial charge in [0.25, 0.3) is 11.8 Å². The summed E-state index contributed by atoms with van der Waals surface area (Å²) in [6, 6.07) is 4.92. The minimum Gasteiger partial charge on any atom is -0.497 e. The number of rotatable bonds is 8. The summed E-state index contributed by atoms with van der Waals surface area (Å²) in [4.78, 5) is 20.0. The van der Waals surface area contributed by atoms with Crippen LogP contribution in [-0.2, 0) is 30.2 Å². The van der Waals surface area contributed by atoms with Crippen molar-refractivity contribution < 1.29 is 50.2 Å². The van der Waals surface area contributed by atoms with Gasteiger partial charge in [-0.1, -0.05) is 6.92 Å². The van der Waals surface area contributed by atoms with Crippen molar-refractivity contribution in [2.24, 2.45) is 0 Å². The predicted molar refractivity (Wildman–Crippen MR) is 137 cm³/mol. The first-order valence-electron chi connectivity index (χ1n) is 12.9. The highest BCUT2D eigenvalue weighted by Crippen LogP contribution is 2.45. The van der Waals surface area contributed by atoms with Crippen LogP contribution >= 0.6 is 0 Å². The Bertz CT molecular complexity index is 1380. The zero-order chi connectivity index (χ0) is 30.8. The number of alkyl halides is 6. The van der Waals surface area contributed by atoms with E-state index in [2.05, 4.69) is 10.1 Å². The molecule has 0 saturated carbocycles. The number of aliphatic hydroxyl groups is 1. The monoisotopic (exact) mass is 602 g/mol. The molecule has 0 saturated heterocycles. The van der Waals surface area contributed by atoms with Crippen molar-refractivity contribution in [2.45, 2.75) is 64.3 Å². The number of methoxy groups -OCH3 is 1. The molecule has 0 radical (unpaired) electrons. The van der Waals surface area contributed by atoms with E-state index in [0.29, 0.717) is 35.6 Å². The van der Waals surface area contributed by atoms with Gasteiger partial charge in [-0.2, -0.15) is 31.3 Å². The lowest BCUT2D eigenvalue weighted by Crippen LogP contribution is -2.48. The molecule has 1 aliphatic heterocycles. The third kappa shape index (κ3) is 6.40. The molecular weight excluding hydrogens is 574 g/mol. The Kier molecular flexibility index (Phi) is 8.89. The second kappa shape index (κ2) is 12.1. The van der Waals surface area contributed by atoms with Crippen LogP contribution in [0.2, 0.25) is 0 Å². The SMILES string of the molecule is CCOC(=O)N1c2ccc(OC)cc2C(N(Cc2cc(C(F)(F)F)cc(C(F)(F)F)c2)c2noc(CO)n2)C[C@H]1CC. The smallest absolute Gasteiger partial charge is 0.416 e. The molecule has 0 fully saturated rings. The molecule has 1 aliphatic rings. The summed E-state index contributed by atoms with van der Waals surface area (Å²) in [5.74, 6) is 0.000149. The van der Waals surface area contributed by atoms with Crippen LogP contribution in [-0.4, -0.2) is 41.1 Å². The molecule has 15 heteroatoms. The molecule has 0 bridgehead atoms. The maximum Gasteiger partial charge on any atom is 0.416 e. The van der Waals surface area contributed by atoms with Crippen LogP contribution in [0, 0.1) is 0 Å². The Balaban J connectivity index is 1.90. The number of hydrogen-bond donors (Lipinski definition) is 1. The van der Waals surface area contributed by atoms with Gasteiger partial charge in [0.2, 0.25) is 0 Å². The maximum atomic E-state index is 13.6. The van der Waals surface area contributed by atoms with Crippen LogP contribution < -0.4 is 14.5 Å². The summed E-state index contributed by atoms with van der Waals surface area (Å²) >= 11 is 0. The van der Waals surface area contributed by atoms with Gasteiger partial charge in [-0.3, -0.25) is 4.90 Å². The number of ether oxygens (including phenoxy) is 2. The number of hydrogen-bond acceptors (Lipinski definition) is 8. The molecule has 2 atom stereocenters. The Labute approximate surface area is 236 Å². The summed E-state index contributed by atoms with van der Waals surface area (Å²) in [7, 11) is 1.42. The number of nitrogens with zero attached hydrogens (tertiary/aromatic N) is 4. The normalized spacial score (nSPS) is 17.1. The van der Waals surface area contributed by atoms with Crippen LogP contribution in [0.3, 0.4) is 0 Å². The van der Waals surface area contributed by atoms with E-state index in [4.69, 9.17) is 14.0 Å². The number of carbonyl (C=O) groups excluding carboxylic acids is 1. The molecule has 42 heavy (non-hydrogen) atoms. The number of aliphatic hydroxyl groups excluding tert-OH is 1. The molecule has 9 nitrogen and oxygen atoms in total. The van der Waals surface area contributed by atoms with Crippen LogP contribution in [0.5, 0.6) is 5.75 Å². The van der Waals surface area contributed by atoms with Gasteiger partial charge in [-0.25, -0.2) is 4.79 Å². The first-order chi connectivity index (χ1) is 19.8. The average Bonchev–Trinajstić information content (AvgIpc) is 3.43. The topological polar surface area (TPSA) is 101 Å². The molecule has 228 valence electrons. The van der Waals surface area contributed by atoms with Gasteiger partial charge in [0.15, 0.2) is 0 Å². The number of amides is 1. The summed E-state index contributed by atoms with van der Waals surface area (Å²) in [5.41, 5.74) is -2.39. The minimum atomic E-state index is -5.05. The van der Waals surface area contributed by atoms with Gasteiger partial charge in [-0.15, -0.1) is 0 Å². The molecule has 1 unspecified atom stereocenters. The Hall–Kier alpha value is -4.01. The molecule has 1 aromatic heterocycles. The maximum absolute atomic E-state index is 13.6. The fraction of sp³-hybridized carbons (Fsp3) is 0.444. The summed E-state index contributed by atoms with van der Waals surface area (Å²) in [6.45, 7) is 2.44. The van der Waals surface area contributed by atoms with E-state index in [9.17, 15) is 36.2 Å². The van der Waals surface area contributed by atoms with Gasteiger partial charge >= 0.3 is 18.4 Å². The largest absolute Gasteiger partial charge is 0.497 e. The van der Waals surface area contributed by atoms with Crippen LogP contribution in [0.4, 0.5) is 42.8 Å². The third-order valence-electron chi connectivity index (χ3n) is 6.88. The van der Waals surface area contributed by atoms with Crippen LogP contribution in [0.15, 0.2) is 40.9 Å². The molecule has 0 spiro atoms. The lowest BCUT2D eigenvalue weighted by molar-refractivity contribution is -0.143. The van der Waals surface area contributed by atoms with Crippen molar-refractivity contribution in [2.75, 3.05) is 23.5 Å². The second-order valence-corrected chi connectivity index (χ2v) is 9.50. The van der Waals surface area contributed by atoms with Crippen molar-refractivity contribution in [1.82, 2.24) is 10.1 Å². The van der Waals surface area contributed by atoms with E-state index >= 15 is 0 Å². The van der Waals surface area contributed by atoms with E-state index in [0.717, 1.165) is 0 Å². The highest BCUT2D eigenvalue weighted by Gasteiger charge is 2.41. The molecule has 4 rings (SSSR count). The molecule has 2 heterocycles. The van der Waals surface area contributed by atoms with E-state index in [1.165, 1.54) is 16.9 Å². The first-order valence-corrected chi connectivity index (χ1v) is 12.9. The summed E-state index contributed by atoms with van der Waals surface area (Å²) in [5, 5.41) is 13.3. The number of halogens is 6. The second-order valence-electron chi connectivity index (χ2n) is 9.50. The van der Waals surface area contributed by atoms with Gasteiger partial charge in [-0.05, 0) is 66.9 Å². The molecule has 2 aromatic carbocycles. The van der Waals surface area contributed by atoms with Crippen molar-refractivity contribution in [3.8, 4) is 5.75 Å². The van der Waals surface area contributed by atoms with Crippen molar-refractivity contribution in [3.63, 3.8) is 0 Å². The number of carbonyl (C=O) groups is 1. The standard InChI is InChI=1S/C27H28F6N4O5/c1-4-18-11-22(20-12-19(40-3)6-7-21(20)37(18)25(39)41-5-2)36(24-34-23(14-38)42-35-24)13-15-8-16(26(28,29)30)10-17(9-15)27(31,32)33/h6-10,12,18,22,38H,4-5,11,13-14H2,1-3H3/t18-,22?/m1/s1. The molecular formula is C27H28F6N4O5. The number of benzene rings is 2. The first kappa shape index (κ1) is 30.9. The molecule has 3 aromatic rings. The fourth-order valence-electron chi connectivity index (χ4n) is 4.97. The minimum absolute atomic E-state index is 0.0527. The average molecular weight is 603 g/mol. The van der Waals surface area contributed by atoms with Crippen LogP contribution in [0.1, 0.15) is 60.9 Å². The van der Waals surface area contributed by atoms with E-state index in [1.807, 2.05) is 6.92 Å². The Morgan fingerprint density at radius 3 is 2.29 bits per heavy atom. The van der Waals surface area contributed by atoms with Gasteiger partial charge < -0.3 is 24.0 Å². The van der Waals surface area contributed by atoms with Crippen molar-refractivity contribution in [1.29, 1.82) is 0 Å². The van der Waals surface area contributed by atoms with E-state index in [-0.39, 0.29) is 36.5 Å². The number of aromatic nitrogens is 2. The van der Waals surface area contributed by atoms with Crippen LogP contribution in [0.25, 0.3) is 0 Å². The van der Waals surface area contributed by atoms with Gasteiger partial charge in [0.1, 0.15) is 12.4 Å². The molecule has 1 N–H and O–H groups in total. The lowest BCUT2D eigenvalue weighted by atomic mass is 9.88. The third-order valence-corrected chi connectivity index (χ3v) is 6.88. The zero-order valence-corrected chi connectivity index (χ0v) is 22.8. The fourth-order valence-corrected chi connectivity index (χ4v) is 4.97. The summed E-state index contributed by atoms with van der Waals surface area (Å²) in [6.07, 6.45) is -10.1. The van der Waals surface area contributed by atoms with Gasteiger partial charge in [0.05, 0.1) is 36.6 Å².